The van der Waals surface area contributed by atoms with Crippen LogP contribution in [0.4, 0.5) is 13.2 Å². The Kier molecular flexibility index (Phi) is 3.34. The van der Waals surface area contributed by atoms with E-state index in [2.05, 4.69) is 20.0 Å². The van der Waals surface area contributed by atoms with E-state index in [4.69, 9.17) is 4.74 Å². The molecule has 1 aliphatic heterocycles. The van der Waals surface area contributed by atoms with Crippen LogP contribution in [-0.4, -0.2) is 36.4 Å². The van der Waals surface area contributed by atoms with Gasteiger partial charge in [-0.1, -0.05) is 5.16 Å². The van der Waals surface area contributed by atoms with Crippen molar-refractivity contribution in [2.75, 3.05) is 20.3 Å². The zero-order valence-electron chi connectivity index (χ0n) is 9.12. The van der Waals surface area contributed by atoms with E-state index >= 15 is 0 Å². The molecule has 2 heterocycles. The van der Waals surface area contributed by atoms with Crippen LogP contribution in [-0.2, 0) is 10.9 Å². The molecule has 1 fully saturated rings. The van der Waals surface area contributed by atoms with Gasteiger partial charge in [0.15, 0.2) is 0 Å². The van der Waals surface area contributed by atoms with E-state index in [0.717, 1.165) is 0 Å². The van der Waals surface area contributed by atoms with Crippen LogP contribution >= 0.6 is 0 Å². The smallest absolute Gasteiger partial charge is 0.381 e. The molecule has 2 unspecified atom stereocenters. The maximum Gasteiger partial charge on any atom is 0.455 e. The number of ether oxygens (including phenoxy) is 1. The number of hydrogen-bond donors (Lipinski definition) is 1. The molecule has 0 spiro atoms. The van der Waals surface area contributed by atoms with Gasteiger partial charge in [0.05, 0.1) is 12.5 Å². The number of nitrogens with one attached hydrogen (secondary N) is 1. The summed E-state index contributed by atoms with van der Waals surface area (Å²) in [4.78, 5) is 3.38. The van der Waals surface area contributed by atoms with E-state index in [0.29, 0.717) is 13.0 Å². The van der Waals surface area contributed by atoms with Crippen molar-refractivity contribution in [2.24, 2.45) is 0 Å². The second-order valence-corrected chi connectivity index (χ2v) is 3.82. The lowest BCUT2D eigenvalue weighted by Crippen LogP contribution is -2.39. The SMILES string of the molecule is CNC1CCOCC1c1nc(C(F)(F)F)no1. The Morgan fingerprint density at radius 3 is 2.76 bits per heavy atom. The lowest BCUT2D eigenvalue weighted by Gasteiger charge is -2.28. The van der Waals surface area contributed by atoms with Gasteiger partial charge in [-0.3, -0.25) is 0 Å². The number of aromatic nitrogens is 2. The minimum Gasteiger partial charge on any atom is -0.381 e. The summed E-state index contributed by atoms with van der Waals surface area (Å²) in [6.07, 6.45) is -3.88. The van der Waals surface area contributed by atoms with Crippen LogP contribution < -0.4 is 5.32 Å². The third kappa shape index (κ3) is 2.58. The molecule has 0 amide bonds. The Bertz CT molecular complexity index is 380. The summed E-state index contributed by atoms with van der Waals surface area (Å²) >= 11 is 0. The maximum absolute atomic E-state index is 12.3. The molecule has 1 aliphatic rings. The van der Waals surface area contributed by atoms with Gasteiger partial charge in [0.25, 0.3) is 5.82 Å². The van der Waals surface area contributed by atoms with E-state index in [1.165, 1.54) is 0 Å². The Labute approximate surface area is 95.3 Å². The minimum absolute atomic E-state index is 0.00900. The van der Waals surface area contributed by atoms with Crippen molar-refractivity contribution in [3.8, 4) is 0 Å². The van der Waals surface area contributed by atoms with Crippen LogP contribution in [0.1, 0.15) is 24.1 Å². The Morgan fingerprint density at radius 2 is 2.18 bits per heavy atom. The van der Waals surface area contributed by atoms with Gasteiger partial charge < -0.3 is 14.6 Å². The Hall–Kier alpha value is -1.15. The van der Waals surface area contributed by atoms with Crippen molar-refractivity contribution in [1.82, 2.24) is 15.5 Å². The minimum atomic E-state index is -4.58. The van der Waals surface area contributed by atoms with Crippen LogP contribution in [0.2, 0.25) is 0 Å². The molecule has 96 valence electrons. The number of hydrogen-bond acceptors (Lipinski definition) is 5. The van der Waals surface area contributed by atoms with Crippen molar-refractivity contribution < 1.29 is 22.4 Å². The molecule has 17 heavy (non-hydrogen) atoms. The highest BCUT2D eigenvalue weighted by Crippen LogP contribution is 2.30. The highest BCUT2D eigenvalue weighted by molar-refractivity contribution is 5.02. The molecular weight excluding hydrogens is 239 g/mol. The van der Waals surface area contributed by atoms with Gasteiger partial charge in [-0.25, -0.2) is 0 Å². The first kappa shape index (κ1) is 12.3. The second kappa shape index (κ2) is 4.61. The summed E-state index contributed by atoms with van der Waals surface area (Å²) < 4.78 is 46.8. The normalized spacial score (nSPS) is 26.1. The molecule has 5 nitrogen and oxygen atoms in total. The predicted molar refractivity (Wildman–Crippen MR) is 50.3 cm³/mol. The van der Waals surface area contributed by atoms with Gasteiger partial charge in [-0.15, -0.1) is 0 Å². The maximum atomic E-state index is 12.3. The van der Waals surface area contributed by atoms with Gasteiger partial charge in [-0.05, 0) is 13.5 Å². The van der Waals surface area contributed by atoms with Gasteiger partial charge in [0, 0.05) is 12.6 Å². The van der Waals surface area contributed by atoms with Crippen molar-refractivity contribution >= 4 is 0 Å². The van der Waals surface area contributed by atoms with Gasteiger partial charge in [0.2, 0.25) is 5.89 Å². The molecule has 0 aromatic carbocycles. The number of nitrogens with zero attached hydrogens (tertiary/aromatic N) is 2. The average molecular weight is 251 g/mol. The zero-order chi connectivity index (χ0) is 12.5. The van der Waals surface area contributed by atoms with Gasteiger partial charge >= 0.3 is 6.18 Å². The molecular formula is C9H12F3N3O2. The van der Waals surface area contributed by atoms with Crippen molar-refractivity contribution in [2.45, 2.75) is 24.6 Å². The number of alkyl halides is 3. The first-order chi connectivity index (χ1) is 8.02. The fourth-order valence-electron chi connectivity index (χ4n) is 1.83. The molecule has 2 atom stereocenters. The van der Waals surface area contributed by atoms with E-state index in [1.807, 2.05) is 0 Å². The standard InChI is InChI=1S/C9H12F3N3O2/c1-13-6-2-3-16-4-5(6)7-14-8(15-17-7)9(10,11)12/h5-6,13H,2-4H2,1H3. The van der Waals surface area contributed by atoms with E-state index in [1.54, 1.807) is 7.05 Å². The fourth-order valence-corrected chi connectivity index (χ4v) is 1.83. The molecule has 0 radical (unpaired) electrons. The van der Waals surface area contributed by atoms with Crippen LogP contribution in [0.25, 0.3) is 0 Å². The molecule has 1 N–H and O–H groups in total. The molecule has 1 aromatic rings. The molecule has 8 heteroatoms. The van der Waals surface area contributed by atoms with E-state index < -0.39 is 12.0 Å². The van der Waals surface area contributed by atoms with Crippen molar-refractivity contribution in [3.63, 3.8) is 0 Å². The number of halogens is 3. The second-order valence-electron chi connectivity index (χ2n) is 3.82. The predicted octanol–water partition coefficient (Wildman–Crippen LogP) is 1.18. The van der Waals surface area contributed by atoms with Crippen molar-refractivity contribution in [1.29, 1.82) is 0 Å². The van der Waals surface area contributed by atoms with E-state index in [9.17, 15) is 13.2 Å². The lowest BCUT2D eigenvalue weighted by molar-refractivity contribution is -0.146. The molecule has 1 saturated heterocycles. The van der Waals surface area contributed by atoms with Gasteiger partial charge in [-0.2, -0.15) is 18.2 Å². The van der Waals surface area contributed by atoms with Crippen LogP contribution in [0.3, 0.4) is 0 Å². The lowest BCUT2D eigenvalue weighted by atomic mass is 9.96. The fraction of sp³-hybridized carbons (Fsp3) is 0.778. The molecule has 2 rings (SSSR count). The number of likely N-dealkylation sites (N-methyl/N-ethyl adjacent to an activating group) is 1. The summed E-state index contributed by atoms with van der Waals surface area (Å²) in [5.41, 5.74) is 0. The van der Waals surface area contributed by atoms with Crippen LogP contribution in [0.15, 0.2) is 4.52 Å². The summed E-state index contributed by atoms with van der Waals surface area (Å²) in [6.45, 7) is 0.854. The Balaban J connectivity index is 2.18. The topological polar surface area (TPSA) is 60.2 Å². The largest absolute Gasteiger partial charge is 0.455 e. The van der Waals surface area contributed by atoms with Crippen LogP contribution in [0, 0.1) is 0 Å². The summed E-state index contributed by atoms with van der Waals surface area (Å²) in [5, 5.41) is 5.95. The third-order valence-corrected chi connectivity index (χ3v) is 2.74. The average Bonchev–Trinajstić information content (AvgIpc) is 2.77. The first-order valence-electron chi connectivity index (χ1n) is 5.18. The molecule has 1 aromatic heterocycles. The highest BCUT2D eigenvalue weighted by atomic mass is 19.4. The zero-order valence-corrected chi connectivity index (χ0v) is 9.12. The summed E-state index contributed by atoms with van der Waals surface area (Å²) in [7, 11) is 1.74. The summed E-state index contributed by atoms with van der Waals surface area (Å²) in [5.74, 6) is -1.61. The monoisotopic (exact) mass is 251 g/mol. The highest BCUT2D eigenvalue weighted by Gasteiger charge is 2.39. The summed E-state index contributed by atoms with van der Waals surface area (Å²) in [6, 6.07) is -0.00900. The molecule has 0 bridgehead atoms. The van der Waals surface area contributed by atoms with E-state index in [-0.39, 0.29) is 24.5 Å². The third-order valence-electron chi connectivity index (χ3n) is 2.74. The first-order valence-corrected chi connectivity index (χ1v) is 5.18. The van der Waals surface area contributed by atoms with Crippen molar-refractivity contribution in [3.05, 3.63) is 11.7 Å². The van der Waals surface area contributed by atoms with Crippen LogP contribution in [0.5, 0.6) is 0 Å². The van der Waals surface area contributed by atoms with Gasteiger partial charge in [0.1, 0.15) is 0 Å². The molecule has 0 aliphatic carbocycles. The molecule has 0 saturated carbocycles. The number of rotatable bonds is 2. The Morgan fingerprint density at radius 1 is 1.41 bits per heavy atom. The quantitative estimate of drug-likeness (QED) is 0.855.